The monoisotopic (exact) mass is 315 g/mol. The van der Waals surface area contributed by atoms with E-state index in [-0.39, 0.29) is 11.8 Å². The summed E-state index contributed by atoms with van der Waals surface area (Å²) in [6.07, 6.45) is 0.796. The van der Waals surface area contributed by atoms with E-state index in [9.17, 15) is 4.79 Å². The Morgan fingerprint density at radius 3 is 2.62 bits per heavy atom. The van der Waals surface area contributed by atoms with Crippen molar-refractivity contribution in [3.63, 3.8) is 0 Å². The number of halogens is 1. The van der Waals surface area contributed by atoms with Gasteiger partial charge in [-0.05, 0) is 37.5 Å². The van der Waals surface area contributed by atoms with Crippen LogP contribution in [-0.2, 0) is 11.2 Å². The van der Waals surface area contributed by atoms with Crippen molar-refractivity contribution in [1.82, 2.24) is 0 Å². The lowest BCUT2D eigenvalue weighted by molar-refractivity contribution is -0.145. The molecule has 1 aromatic rings. The maximum atomic E-state index is 11.2. The van der Waals surface area contributed by atoms with Gasteiger partial charge in [-0.25, -0.2) is 4.79 Å². The van der Waals surface area contributed by atoms with E-state index >= 15 is 0 Å². The Morgan fingerprint density at radius 2 is 2.14 bits per heavy atom. The van der Waals surface area contributed by atoms with Crippen LogP contribution in [0, 0.1) is 0 Å². The SMILES string of the molecule is CCCC(Oc1c(Cl)cc(CC(C)N)cc1OC)C(=O)O. The van der Waals surface area contributed by atoms with Crippen molar-refractivity contribution in [3.05, 3.63) is 22.7 Å². The molecule has 0 bridgehead atoms. The molecule has 0 spiro atoms. The second kappa shape index (κ2) is 8.10. The third kappa shape index (κ3) is 5.10. The fraction of sp³-hybridized carbons (Fsp3) is 0.533. The zero-order valence-corrected chi connectivity index (χ0v) is 13.3. The van der Waals surface area contributed by atoms with E-state index in [4.69, 9.17) is 31.9 Å². The smallest absolute Gasteiger partial charge is 0.344 e. The fourth-order valence-corrected chi connectivity index (χ4v) is 2.29. The Morgan fingerprint density at radius 1 is 1.48 bits per heavy atom. The predicted molar refractivity (Wildman–Crippen MR) is 82.3 cm³/mol. The van der Waals surface area contributed by atoms with Crippen molar-refractivity contribution >= 4 is 17.6 Å². The van der Waals surface area contributed by atoms with Gasteiger partial charge < -0.3 is 20.3 Å². The van der Waals surface area contributed by atoms with E-state index in [0.717, 1.165) is 5.56 Å². The number of benzene rings is 1. The van der Waals surface area contributed by atoms with E-state index in [0.29, 0.717) is 30.0 Å². The Balaban J connectivity index is 3.08. The van der Waals surface area contributed by atoms with Crippen LogP contribution in [0.3, 0.4) is 0 Å². The van der Waals surface area contributed by atoms with Crippen LogP contribution in [0.4, 0.5) is 0 Å². The molecule has 5 nitrogen and oxygen atoms in total. The molecule has 0 fully saturated rings. The van der Waals surface area contributed by atoms with Crippen molar-refractivity contribution in [3.8, 4) is 11.5 Å². The van der Waals surface area contributed by atoms with Gasteiger partial charge in [0.15, 0.2) is 17.6 Å². The summed E-state index contributed by atoms with van der Waals surface area (Å²) in [6.45, 7) is 3.79. The molecule has 6 heteroatoms. The van der Waals surface area contributed by atoms with Crippen LogP contribution in [0.15, 0.2) is 12.1 Å². The summed E-state index contributed by atoms with van der Waals surface area (Å²) in [7, 11) is 1.49. The van der Waals surface area contributed by atoms with Gasteiger partial charge in [-0.3, -0.25) is 0 Å². The molecule has 3 N–H and O–H groups in total. The lowest BCUT2D eigenvalue weighted by Gasteiger charge is -2.19. The Hall–Kier alpha value is -1.46. The average Bonchev–Trinajstić information content (AvgIpc) is 2.39. The summed E-state index contributed by atoms with van der Waals surface area (Å²) in [6, 6.07) is 3.49. The molecule has 0 saturated heterocycles. The molecular weight excluding hydrogens is 294 g/mol. The molecule has 0 heterocycles. The summed E-state index contributed by atoms with van der Waals surface area (Å²) in [5.74, 6) is -0.344. The van der Waals surface area contributed by atoms with Crippen LogP contribution in [0.1, 0.15) is 32.3 Å². The van der Waals surface area contributed by atoms with Gasteiger partial charge in [0.1, 0.15) is 0 Å². The van der Waals surface area contributed by atoms with Gasteiger partial charge in [-0.15, -0.1) is 0 Å². The maximum Gasteiger partial charge on any atom is 0.344 e. The first kappa shape index (κ1) is 17.6. The number of carboxylic acids is 1. The molecule has 1 rings (SSSR count). The molecule has 0 aliphatic rings. The van der Waals surface area contributed by atoms with E-state index in [1.54, 1.807) is 12.1 Å². The van der Waals surface area contributed by atoms with Crippen LogP contribution < -0.4 is 15.2 Å². The molecule has 0 aliphatic carbocycles. The van der Waals surface area contributed by atoms with E-state index in [2.05, 4.69) is 0 Å². The highest BCUT2D eigenvalue weighted by Gasteiger charge is 2.22. The van der Waals surface area contributed by atoms with Crippen LogP contribution >= 0.6 is 11.6 Å². The van der Waals surface area contributed by atoms with Crippen molar-refractivity contribution in [1.29, 1.82) is 0 Å². The molecule has 0 amide bonds. The summed E-state index contributed by atoms with van der Waals surface area (Å²) in [5.41, 5.74) is 6.69. The minimum Gasteiger partial charge on any atom is -0.493 e. The van der Waals surface area contributed by atoms with Gasteiger partial charge in [0.05, 0.1) is 12.1 Å². The highest BCUT2D eigenvalue weighted by molar-refractivity contribution is 6.32. The second-order valence-electron chi connectivity index (χ2n) is 5.02. The van der Waals surface area contributed by atoms with Crippen molar-refractivity contribution in [2.24, 2.45) is 5.73 Å². The van der Waals surface area contributed by atoms with Crippen molar-refractivity contribution in [2.75, 3.05) is 7.11 Å². The Labute approximate surface area is 130 Å². The first-order chi connectivity index (χ1) is 9.88. The third-order valence-corrected chi connectivity index (χ3v) is 3.21. The molecule has 0 aromatic heterocycles. The standard InChI is InChI=1S/C15H22ClNO4/c1-4-5-12(15(18)19)21-14-11(16)7-10(6-9(2)17)8-13(14)20-3/h7-9,12H,4-6,17H2,1-3H3,(H,18,19). The highest BCUT2D eigenvalue weighted by atomic mass is 35.5. The van der Waals surface area contributed by atoms with E-state index in [1.165, 1.54) is 7.11 Å². The Kier molecular flexibility index (Phi) is 6.78. The van der Waals surface area contributed by atoms with Crippen molar-refractivity contribution < 1.29 is 19.4 Å². The lowest BCUT2D eigenvalue weighted by atomic mass is 10.1. The fourth-order valence-electron chi connectivity index (χ4n) is 2.01. The zero-order chi connectivity index (χ0) is 16.0. The number of nitrogens with two attached hydrogens (primary N) is 1. The molecule has 0 radical (unpaired) electrons. The molecule has 2 unspecified atom stereocenters. The normalized spacial score (nSPS) is 13.6. The summed E-state index contributed by atoms with van der Waals surface area (Å²) in [4.78, 5) is 11.2. The topological polar surface area (TPSA) is 81.8 Å². The van der Waals surface area contributed by atoms with Gasteiger partial charge in [0, 0.05) is 6.04 Å². The third-order valence-electron chi connectivity index (χ3n) is 2.93. The molecule has 1 aromatic carbocycles. The second-order valence-corrected chi connectivity index (χ2v) is 5.43. The van der Waals surface area contributed by atoms with Crippen LogP contribution in [0.5, 0.6) is 11.5 Å². The molecular formula is C15H22ClNO4. The van der Waals surface area contributed by atoms with Gasteiger partial charge in [-0.1, -0.05) is 24.9 Å². The van der Waals surface area contributed by atoms with E-state index in [1.807, 2.05) is 13.8 Å². The number of ether oxygens (including phenoxy) is 2. The van der Waals surface area contributed by atoms with Gasteiger partial charge in [-0.2, -0.15) is 0 Å². The molecule has 2 atom stereocenters. The lowest BCUT2D eigenvalue weighted by Crippen LogP contribution is -2.27. The van der Waals surface area contributed by atoms with Crippen molar-refractivity contribution in [2.45, 2.75) is 45.3 Å². The number of hydrogen-bond donors (Lipinski definition) is 2. The minimum absolute atomic E-state index is 0.00981. The quantitative estimate of drug-likeness (QED) is 0.771. The number of rotatable bonds is 8. The number of hydrogen-bond acceptors (Lipinski definition) is 4. The van der Waals surface area contributed by atoms with Gasteiger partial charge in [0.25, 0.3) is 0 Å². The number of methoxy groups -OCH3 is 1. The van der Waals surface area contributed by atoms with Gasteiger partial charge >= 0.3 is 5.97 Å². The largest absolute Gasteiger partial charge is 0.493 e. The summed E-state index contributed by atoms with van der Waals surface area (Å²) < 4.78 is 10.8. The van der Waals surface area contributed by atoms with Crippen LogP contribution in [0.25, 0.3) is 0 Å². The number of carboxylic acid groups (broad SMARTS) is 1. The van der Waals surface area contributed by atoms with Gasteiger partial charge in [0.2, 0.25) is 0 Å². The van der Waals surface area contributed by atoms with Crippen LogP contribution in [-0.4, -0.2) is 30.3 Å². The number of aliphatic carboxylic acids is 1. The predicted octanol–water partition coefficient (Wildman–Crippen LogP) is 2.87. The molecule has 21 heavy (non-hydrogen) atoms. The first-order valence-corrected chi connectivity index (χ1v) is 7.28. The molecule has 0 aliphatic heterocycles. The Bertz CT molecular complexity index is 491. The average molecular weight is 316 g/mol. The summed E-state index contributed by atoms with van der Waals surface area (Å²) in [5, 5.41) is 9.49. The number of carbonyl (C=O) groups is 1. The first-order valence-electron chi connectivity index (χ1n) is 6.90. The van der Waals surface area contributed by atoms with Crippen LogP contribution in [0.2, 0.25) is 5.02 Å². The summed E-state index contributed by atoms with van der Waals surface area (Å²) >= 11 is 6.21. The molecule has 0 saturated carbocycles. The highest BCUT2D eigenvalue weighted by Crippen LogP contribution is 2.37. The maximum absolute atomic E-state index is 11.2. The molecule has 118 valence electrons. The van der Waals surface area contributed by atoms with E-state index < -0.39 is 12.1 Å². The minimum atomic E-state index is -1.02. The zero-order valence-electron chi connectivity index (χ0n) is 12.6.